The van der Waals surface area contributed by atoms with E-state index in [1.807, 2.05) is 36.6 Å². The van der Waals surface area contributed by atoms with Crippen molar-refractivity contribution in [2.45, 2.75) is 110 Å². The number of carboxylic acids is 6. The monoisotopic (exact) mass is 1610 g/mol. The standard InChI is InChI=1S/C11H13ClO3.C11H14O3.C10H11ClO3.C10H9NO3.C10H12O3S.C9H8Cl2O3.6Na.6H2S/c1-7(2)10(11(13)14)15-9-5-3-8(12)4-6-9;1-3-9-4-6-10(7-5-9)14-8(2)11(12)13;1-2-9(10(12)13)14-8-5-3-7(11)4-6-8;1-7(10(12)13)14-9-4-2-8(6-11)3-5-9;1-7(10(11)12)13-8-3-5-9(14-2)6-4-8;1-5(9(12)13)14-8-3-2-6(10)4-7(8)11;;;;;;;;;;;;/h3-7,10H,1-2H3,(H,13,14);4-8H,3H2,1-2H3,(H,12,13);3-6,9H,2H2,1H3,(H,12,13);2-5,7H,1H3,(H,12,13);3-7H,1-2H3,(H,11,12);2-5H,1H3,(H,12,13);;;;;;;6*1H2/q;;;;;;6*+1;;;;;;/p-6/t10-;8-;9-;2*7-;5-;;;;;;;;;;;;/m000000............/s1. The van der Waals surface area contributed by atoms with E-state index in [0.717, 1.165) is 11.3 Å². The fourth-order valence-electron chi connectivity index (χ4n) is 5.72. The molecular formula is C61H73Cl4NNa6O18S7. The second kappa shape index (κ2) is 70.4. The van der Waals surface area contributed by atoms with Gasteiger partial charge in [0.2, 0.25) is 0 Å². The van der Waals surface area contributed by atoms with E-state index in [-0.39, 0.29) is 275 Å². The fourth-order valence-corrected chi connectivity index (χ4v) is 6.84. The minimum absolute atomic E-state index is 0. The van der Waals surface area contributed by atoms with Crippen LogP contribution < -0.4 is 236 Å². The van der Waals surface area contributed by atoms with Crippen LogP contribution in [0.2, 0.25) is 20.1 Å². The molecule has 0 aliphatic rings. The Bertz CT molecular complexity index is 3030. The largest absolute Gasteiger partial charge is 1.00 e. The first-order chi connectivity index (χ1) is 40.0. The summed E-state index contributed by atoms with van der Waals surface area (Å²) >= 11 is 24.4. The second-order valence-corrected chi connectivity index (χ2v) is 20.1. The summed E-state index contributed by atoms with van der Waals surface area (Å²) < 4.78 is 30.7. The van der Waals surface area contributed by atoms with Crippen molar-refractivity contribution < 1.29 is 265 Å². The van der Waals surface area contributed by atoms with Gasteiger partial charge in [-0.3, -0.25) is 0 Å². The van der Waals surface area contributed by atoms with E-state index in [9.17, 15) is 59.4 Å². The van der Waals surface area contributed by atoms with Crippen LogP contribution in [-0.4, -0.2) is 78.7 Å². The molecule has 0 saturated carbocycles. The molecule has 0 amide bonds. The average Bonchev–Trinajstić information content (AvgIpc) is 1.23. The number of carbonyl (C=O) groups excluding carboxylic acids is 6. The zero-order chi connectivity index (χ0) is 64.3. The zero-order valence-corrected chi connectivity index (χ0v) is 78.3. The van der Waals surface area contributed by atoms with Crippen molar-refractivity contribution in [2.75, 3.05) is 6.26 Å². The molecule has 0 N–H and O–H groups in total. The van der Waals surface area contributed by atoms with E-state index >= 15 is 0 Å². The normalized spacial score (nSPS) is 10.6. The molecule has 6 rings (SSSR count). The van der Waals surface area contributed by atoms with Crippen LogP contribution in [0.15, 0.2) is 144 Å². The van der Waals surface area contributed by atoms with Crippen molar-refractivity contribution in [3.05, 3.63) is 171 Å². The first-order valence-corrected chi connectivity index (χ1v) is 28.2. The number of aliphatic carboxylic acids is 6. The van der Waals surface area contributed by atoms with E-state index in [2.05, 4.69) is 6.92 Å². The Labute approximate surface area is 767 Å². The number of aryl methyl sites for hydroxylation is 1. The molecule has 0 spiro atoms. The van der Waals surface area contributed by atoms with Crippen molar-refractivity contribution in [2.24, 2.45) is 5.92 Å². The van der Waals surface area contributed by atoms with E-state index in [0.29, 0.717) is 55.8 Å². The van der Waals surface area contributed by atoms with Gasteiger partial charge in [-0.05, 0) is 186 Å². The molecular weight excluding hydrogens is 1540 g/mol. The minimum Gasteiger partial charge on any atom is -0.546 e. The predicted molar refractivity (Wildman–Crippen MR) is 371 cm³/mol. The number of nitriles is 1. The van der Waals surface area contributed by atoms with Gasteiger partial charge < -0.3 is 87.8 Å². The molecule has 0 aliphatic carbocycles. The summed E-state index contributed by atoms with van der Waals surface area (Å²) in [6, 6.07) is 40.3. The number of halogens is 4. The molecule has 0 radical (unpaired) electrons. The molecule has 0 aliphatic heterocycles. The summed E-state index contributed by atoms with van der Waals surface area (Å²) in [5, 5.41) is 73.2. The second-order valence-electron chi connectivity index (χ2n) is 17.5. The van der Waals surface area contributed by atoms with E-state index in [1.165, 1.54) is 57.5 Å². The summed E-state index contributed by atoms with van der Waals surface area (Å²) in [4.78, 5) is 63.9. The van der Waals surface area contributed by atoms with Crippen molar-refractivity contribution in [1.82, 2.24) is 0 Å². The molecule has 0 heterocycles. The van der Waals surface area contributed by atoms with Crippen LogP contribution in [0.4, 0.5) is 0 Å². The number of nitrogens with zero attached hydrogens (tertiary/aromatic N) is 1. The molecule has 36 heteroatoms. The Balaban J connectivity index is -0.0000000872. The van der Waals surface area contributed by atoms with Gasteiger partial charge in [0.1, 0.15) is 71.1 Å². The first-order valence-electron chi connectivity index (χ1n) is 25.5. The number of ether oxygens (including phenoxy) is 6. The van der Waals surface area contributed by atoms with Gasteiger partial charge in [0.15, 0.2) is 0 Å². The molecule has 506 valence electrons. The third-order valence-corrected chi connectivity index (χ3v) is 12.3. The van der Waals surface area contributed by atoms with Crippen molar-refractivity contribution in [3.63, 3.8) is 0 Å². The summed E-state index contributed by atoms with van der Waals surface area (Å²) in [5.41, 5.74) is 1.69. The number of carboxylic acid groups (broad SMARTS) is 6. The third kappa shape index (κ3) is 56.1. The summed E-state index contributed by atoms with van der Waals surface area (Å²) in [5.74, 6) is -4.82. The van der Waals surface area contributed by atoms with Gasteiger partial charge in [-0.2, -0.15) is 86.2 Å². The smallest absolute Gasteiger partial charge is 0.546 e. The van der Waals surface area contributed by atoms with E-state index in [4.69, 9.17) is 80.1 Å². The number of rotatable bonds is 22. The maximum Gasteiger partial charge on any atom is 1.00 e. The Morgan fingerprint density at radius 3 is 1.02 bits per heavy atom. The topological polar surface area (TPSA) is 320 Å². The zero-order valence-electron chi connectivity index (χ0n) is 56.5. The van der Waals surface area contributed by atoms with E-state index < -0.39 is 72.4 Å². The third-order valence-electron chi connectivity index (χ3n) is 10.5. The molecule has 0 aromatic heterocycles. The maximum absolute atomic E-state index is 10.8. The predicted octanol–water partition coefficient (Wildman–Crippen LogP) is -11.3. The first kappa shape index (κ1) is 124. The Hall–Kier alpha value is 0.0400. The van der Waals surface area contributed by atoms with Crippen LogP contribution in [0.1, 0.15) is 72.9 Å². The van der Waals surface area contributed by atoms with E-state index in [1.54, 1.807) is 124 Å². The average molecular weight is 1610 g/mol. The van der Waals surface area contributed by atoms with Gasteiger partial charge in [0.25, 0.3) is 0 Å². The number of benzene rings is 6. The van der Waals surface area contributed by atoms with Gasteiger partial charge >= 0.3 is 177 Å². The minimum atomic E-state index is -1.30. The molecule has 6 aromatic rings. The molecule has 6 aromatic carbocycles. The number of hydrogen-bond donors (Lipinski definition) is 0. The van der Waals surface area contributed by atoms with Gasteiger partial charge in [0, 0.05) is 20.0 Å². The quantitative estimate of drug-likeness (QED) is 0.0450. The number of thioether (sulfide) groups is 1. The molecule has 19 nitrogen and oxygen atoms in total. The van der Waals surface area contributed by atoms with Gasteiger partial charge in [-0.25, -0.2) is 0 Å². The molecule has 97 heavy (non-hydrogen) atoms. The Morgan fingerprint density at radius 1 is 0.423 bits per heavy atom. The van der Waals surface area contributed by atoms with Gasteiger partial charge in [0.05, 0.1) is 52.5 Å². The number of hydrogen-bond acceptors (Lipinski definition) is 20. The Morgan fingerprint density at radius 2 is 0.732 bits per heavy atom. The van der Waals surface area contributed by atoms with Crippen molar-refractivity contribution >= 4 is 175 Å². The summed E-state index contributed by atoms with van der Waals surface area (Å²) in [6.45, 7) is 12.9. The van der Waals surface area contributed by atoms with Crippen LogP contribution in [0, 0.1) is 17.2 Å². The molecule has 0 fully saturated rings. The molecule has 0 unspecified atom stereocenters. The van der Waals surface area contributed by atoms with Crippen LogP contribution in [0.25, 0.3) is 0 Å². The maximum atomic E-state index is 10.8. The van der Waals surface area contributed by atoms with Crippen molar-refractivity contribution in [1.29, 1.82) is 5.26 Å². The van der Waals surface area contributed by atoms with Crippen molar-refractivity contribution in [3.8, 4) is 40.6 Å². The Kier molecular flexibility index (Phi) is 89.8. The van der Waals surface area contributed by atoms with Gasteiger partial charge in [-0.1, -0.05) is 86.2 Å². The molecule has 6 atom stereocenters. The summed E-state index contributed by atoms with van der Waals surface area (Å²) in [6.07, 6.45) is -2.43. The molecule has 0 bridgehead atoms. The van der Waals surface area contributed by atoms with Crippen LogP contribution in [0.5, 0.6) is 34.5 Å². The number of carbonyl (C=O) groups is 6. The van der Waals surface area contributed by atoms with Gasteiger partial charge in [-0.15, -0.1) is 11.8 Å². The summed E-state index contributed by atoms with van der Waals surface area (Å²) in [7, 11) is 0. The van der Waals surface area contributed by atoms with Crippen LogP contribution >= 0.6 is 139 Å². The molecule has 0 saturated heterocycles. The SMILES string of the molecule is CC(C)[C@H](Oc1ccc(Cl)cc1)C(=O)[O-].CC[C@H](Oc1ccc(Cl)cc1)C(=O)[O-].CCc1ccc(O[C@@H](C)C(=O)[O-])cc1.CSc1ccc(O[C@@H](C)C(=O)[O-])cc1.C[C@H](Oc1ccc(C#N)cc1)C(=O)[O-].C[C@H](Oc1ccc(Cl)cc1Cl)C(=O)[O-].S.S.S.S.S.S.[Na+].[Na+].[Na+].[Na+].[Na+].[Na+]. The van der Waals surface area contributed by atoms with Crippen LogP contribution in [-0.2, 0) is 35.2 Å². The fraction of sp³-hybridized carbons (Fsp3) is 0.295. The van der Waals surface area contributed by atoms with Crippen LogP contribution in [0.3, 0.4) is 0 Å².